The number of benzene rings is 2. The van der Waals surface area contributed by atoms with Crippen LogP contribution in [0.4, 0.5) is 5.69 Å². The van der Waals surface area contributed by atoms with Crippen molar-refractivity contribution in [2.24, 2.45) is 0 Å². The van der Waals surface area contributed by atoms with E-state index < -0.39 is 0 Å². The molecule has 0 bridgehead atoms. The highest BCUT2D eigenvalue weighted by Crippen LogP contribution is 2.30. The highest BCUT2D eigenvalue weighted by molar-refractivity contribution is 6.28. The van der Waals surface area contributed by atoms with Gasteiger partial charge >= 0.3 is 0 Å². The molecule has 0 saturated carbocycles. The molecule has 1 aromatic heterocycles. The Morgan fingerprint density at radius 2 is 1.88 bits per heavy atom. The van der Waals surface area contributed by atoms with Gasteiger partial charge in [-0.25, -0.2) is 4.98 Å². The fourth-order valence-corrected chi connectivity index (χ4v) is 3.29. The van der Waals surface area contributed by atoms with Crippen molar-refractivity contribution in [2.45, 2.75) is 13.3 Å². The van der Waals surface area contributed by atoms with Gasteiger partial charge in [0.15, 0.2) is 0 Å². The zero-order chi connectivity index (χ0) is 18.3. The third-order valence-corrected chi connectivity index (χ3v) is 4.62. The Balaban J connectivity index is 1.84. The molecule has 0 spiro atoms. The molecule has 3 aromatic rings. The normalized spacial score (nSPS) is 15.0. The number of H-pyrrole nitrogens is 1. The topological polar surface area (TPSA) is 93.1 Å². The Kier molecular flexibility index (Phi) is 3.80. The number of aliphatic hydroxyl groups is 1. The SMILES string of the molecule is Cc1ccccc1N1CCC(O)=C(c2nc3ccccc3c(=O)[nH]2)C1=N. The predicted molar refractivity (Wildman–Crippen MR) is 103 cm³/mol. The molecule has 0 atom stereocenters. The monoisotopic (exact) mass is 346 g/mol. The van der Waals surface area contributed by atoms with Crippen molar-refractivity contribution in [3.05, 3.63) is 76.0 Å². The fraction of sp³-hybridized carbons (Fsp3) is 0.150. The van der Waals surface area contributed by atoms with Gasteiger partial charge in [-0.15, -0.1) is 0 Å². The third-order valence-electron chi connectivity index (χ3n) is 4.62. The number of anilines is 1. The smallest absolute Gasteiger partial charge is 0.259 e. The molecule has 0 fully saturated rings. The molecule has 6 nitrogen and oxygen atoms in total. The standard InChI is InChI=1S/C20H18N4O2/c1-12-6-2-5-9-15(12)24-11-10-16(25)17(18(24)21)19-22-14-8-4-3-7-13(14)20(26)23-19/h2-9,21,25H,10-11H2,1H3,(H,22,23,26). The molecule has 0 amide bonds. The summed E-state index contributed by atoms with van der Waals surface area (Å²) in [5.41, 5.74) is 2.46. The summed E-state index contributed by atoms with van der Waals surface area (Å²) in [4.78, 5) is 21.4. The zero-order valence-electron chi connectivity index (χ0n) is 14.3. The van der Waals surface area contributed by atoms with Gasteiger partial charge in [-0.3, -0.25) is 10.2 Å². The van der Waals surface area contributed by atoms with E-state index in [4.69, 9.17) is 5.41 Å². The Morgan fingerprint density at radius 1 is 1.15 bits per heavy atom. The van der Waals surface area contributed by atoms with Gasteiger partial charge in [-0.2, -0.15) is 0 Å². The van der Waals surface area contributed by atoms with Crippen LogP contribution in [0.1, 0.15) is 17.8 Å². The van der Waals surface area contributed by atoms with Crippen LogP contribution < -0.4 is 10.5 Å². The van der Waals surface area contributed by atoms with Crippen LogP contribution in [0, 0.1) is 12.3 Å². The van der Waals surface area contributed by atoms with E-state index in [1.165, 1.54) is 0 Å². The van der Waals surface area contributed by atoms with Crippen molar-refractivity contribution in [3.8, 4) is 0 Å². The van der Waals surface area contributed by atoms with Gasteiger partial charge in [0.2, 0.25) is 0 Å². The van der Waals surface area contributed by atoms with E-state index >= 15 is 0 Å². The number of fused-ring (bicyclic) bond motifs is 1. The van der Waals surface area contributed by atoms with Gasteiger partial charge in [0.05, 0.1) is 16.5 Å². The molecule has 2 heterocycles. The van der Waals surface area contributed by atoms with Crippen molar-refractivity contribution in [3.63, 3.8) is 0 Å². The Hall–Kier alpha value is -3.41. The summed E-state index contributed by atoms with van der Waals surface area (Å²) < 4.78 is 0. The first-order valence-corrected chi connectivity index (χ1v) is 8.40. The maximum atomic E-state index is 12.4. The number of aryl methyl sites for hydroxylation is 1. The van der Waals surface area contributed by atoms with Crippen molar-refractivity contribution in [1.29, 1.82) is 5.41 Å². The van der Waals surface area contributed by atoms with E-state index in [0.29, 0.717) is 23.9 Å². The molecule has 6 heteroatoms. The minimum Gasteiger partial charge on any atom is -0.511 e. The highest BCUT2D eigenvalue weighted by atomic mass is 16.3. The van der Waals surface area contributed by atoms with Crippen molar-refractivity contribution >= 4 is 28.0 Å². The van der Waals surface area contributed by atoms with E-state index in [2.05, 4.69) is 9.97 Å². The van der Waals surface area contributed by atoms with Gasteiger partial charge in [-0.05, 0) is 30.7 Å². The van der Waals surface area contributed by atoms with Gasteiger partial charge < -0.3 is 15.0 Å². The molecular formula is C20H18N4O2. The van der Waals surface area contributed by atoms with Crippen molar-refractivity contribution < 1.29 is 5.11 Å². The summed E-state index contributed by atoms with van der Waals surface area (Å²) in [5.74, 6) is 0.411. The van der Waals surface area contributed by atoms with Crippen LogP contribution in [0.3, 0.4) is 0 Å². The van der Waals surface area contributed by atoms with E-state index in [9.17, 15) is 9.90 Å². The second-order valence-electron chi connectivity index (χ2n) is 6.29. The molecule has 1 aliphatic heterocycles. The van der Waals surface area contributed by atoms with E-state index in [1.807, 2.05) is 36.1 Å². The van der Waals surface area contributed by atoms with E-state index in [-0.39, 0.29) is 28.6 Å². The van der Waals surface area contributed by atoms with Gasteiger partial charge in [0.1, 0.15) is 17.4 Å². The maximum Gasteiger partial charge on any atom is 0.259 e. The summed E-state index contributed by atoms with van der Waals surface area (Å²) in [6.45, 7) is 2.48. The zero-order valence-corrected chi connectivity index (χ0v) is 14.3. The number of nitrogens with zero attached hydrogens (tertiary/aromatic N) is 2. The lowest BCUT2D eigenvalue weighted by Gasteiger charge is -2.31. The number of aliphatic hydroxyl groups excluding tert-OH is 1. The lowest BCUT2D eigenvalue weighted by Crippen LogP contribution is -2.37. The fourth-order valence-electron chi connectivity index (χ4n) is 3.29. The first kappa shape index (κ1) is 16.1. The summed E-state index contributed by atoms with van der Waals surface area (Å²) >= 11 is 0. The minimum atomic E-state index is -0.285. The number of hydrogen-bond acceptors (Lipinski definition) is 4. The number of hydrogen-bond donors (Lipinski definition) is 3. The summed E-state index contributed by atoms with van der Waals surface area (Å²) in [7, 11) is 0. The van der Waals surface area contributed by atoms with Gasteiger partial charge in [-0.1, -0.05) is 30.3 Å². The molecular weight excluding hydrogens is 328 g/mol. The van der Waals surface area contributed by atoms with Crippen LogP contribution >= 0.6 is 0 Å². The molecule has 0 unspecified atom stereocenters. The second kappa shape index (κ2) is 6.15. The van der Waals surface area contributed by atoms with Crippen molar-refractivity contribution in [2.75, 3.05) is 11.4 Å². The molecule has 0 saturated heterocycles. The van der Waals surface area contributed by atoms with E-state index in [0.717, 1.165) is 11.3 Å². The Morgan fingerprint density at radius 3 is 2.69 bits per heavy atom. The molecule has 4 rings (SSSR count). The summed E-state index contributed by atoms with van der Waals surface area (Å²) in [6, 6.07) is 14.8. The first-order chi connectivity index (χ1) is 12.6. The van der Waals surface area contributed by atoms with Crippen LogP contribution in [0.5, 0.6) is 0 Å². The van der Waals surface area contributed by atoms with Crippen LogP contribution in [0.15, 0.2) is 59.1 Å². The summed E-state index contributed by atoms with van der Waals surface area (Å²) in [5, 5.41) is 19.6. The lowest BCUT2D eigenvalue weighted by molar-refractivity contribution is 0.391. The Labute approximate surface area is 150 Å². The summed E-state index contributed by atoms with van der Waals surface area (Å²) in [6.07, 6.45) is 0.378. The quantitative estimate of drug-likeness (QED) is 0.663. The third kappa shape index (κ3) is 2.56. The molecule has 0 aliphatic carbocycles. The molecule has 0 radical (unpaired) electrons. The minimum absolute atomic E-state index is 0.0678. The first-order valence-electron chi connectivity index (χ1n) is 8.40. The number of nitrogens with one attached hydrogen (secondary N) is 2. The number of amidine groups is 1. The maximum absolute atomic E-state index is 12.4. The molecule has 26 heavy (non-hydrogen) atoms. The predicted octanol–water partition coefficient (Wildman–Crippen LogP) is 3.39. The van der Waals surface area contributed by atoms with E-state index in [1.54, 1.807) is 24.3 Å². The molecule has 1 aliphatic rings. The average Bonchev–Trinajstić information content (AvgIpc) is 2.63. The molecule has 3 N–H and O–H groups in total. The van der Waals surface area contributed by atoms with Crippen LogP contribution in [0.25, 0.3) is 16.5 Å². The largest absolute Gasteiger partial charge is 0.511 e. The number of aromatic amines is 1. The van der Waals surface area contributed by atoms with Gasteiger partial charge in [0.25, 0.3) is 5.56 Å². The van der Waals surface area contributed by atoms with Crippen LogP contribution in [-0.2, 0) is 0 Å². The van der Waals surface area contributed by atoms with Crippen LogP contribution in [-0.4, -0.2) is 27.5 Å². The molecule has 2 aromatic carbocycles. The highest BCUT2D eigenvalue weighted by Gasteiger charge is 2.28. The second-order valence-corrected chi connectivity index (χ2v) is 6.29. The van der Waals surface area contributed by atoms with Crippen molar-refractivity contribution in [1.82, 2.24) is 9.97 Å². The lowest BCUT2D eigenvalue weighted by atomic mass is 10.0. The number of aromatic nitrogens is 2. The van der Waals surface area contributed by atoms with Gasteiger partial charge in [0, 0.05) is 18.7 Å². The number of rotatable bonds is 2. The van der Waals surface area contributed by atoms with Crippen LogP contribution in [0.2, 0.25) is 0 Å². The number of para-hydroxylation sites is 2. The molecule has 130 valence electrons. The Bertz CT molecular complexity index is 1110. The average molecular weight is 346 g/mol.